The first-order valence-corrected chi connectivity index (χ1v) is 8.54. The van der Waals surface area contributed by atoms with Crippen LogP contribution in [0.1, 0.15) is 27.3 Å². The Morgan fingerprint density at radius 2 is 2.23 bits per heavy atom. The average molecular weight is 349 g/mol. The lowest BCUT2D eigenvalue weighted by atomic mass is 10.0. The first-order valence-electron chi connectivity index (χ1n) is 8.54. The highest BCUT2D eigenvalue weighted by Gasteiger charge is 2.25. The molecule has 3 aromatic heterocycles. The third-order valence-corrected chi connectivity index (χ3v) is 4.44. The summed E-state index contributed by atoms with van der Waals surface area (Å²) >= 11 is 0. The van der Waals surface area contributed by atoms with Crippen molar-refractivity contribution >= 4 is 11.7 Å². The summed E-state index contributed by atoms with van der Waals surface area (Å²) in [4.78, 5) is 34.3. The predicted octanol–water partition coefficient (Wildman–Crippen LogP) is 1.45. The summed E-state index contributed by atoms with van der Waals surface area (Å²) in [5.41, 5.74) is 3.66. The molecule has 3 aromatic rings. The maximum absolute atomic E-state index is 12.6. The lowest BCUT2D eigenvalue weighted by molar-refractivity contribution is 0.0731. The fraction of sp³-hybridized carbons (Fsp3) is 0.278. The van der Waals surface area contributed by atoms with E-state index in [1.807, 2.05) is 6.20 Å². The third-order valence-electron chi connectivity index (χ3n) is 4.44. The van der Waals surface area contributed by atoms with Gasteiger partial charge in [0.05, 0.1) is 24.1 Å². The van der Waals surface area contributed by atoms with Crippen LogP contribution in [0.4, 0.5) is 5.82 Å². The molecule has 0 saturated carbocycles. The number of anilines is 1. The van der Waals surface area contributed by atoms with Crippen molar-refractivity contribution in [3.05, 3.63) is 65.9 Å². The minimum Gasteiger partial charge on any atom is -0.369 e. The van der Waals surface area contributed by atoms with Gasteiger partial charge in [-0.1, -0.05) is 0 Å². The number of hydrogen-bond acceptors (Lipinski definition) is 6. The predicted molar refractivity (Wildman–Crippen MR) is 95.5 cm³/mol. The molecule has 4 rings (SSSR count). The van der Waals surface area contributed by atoms with Crippen LogP contribution in [0.15, 0.2) is 43.4 Å². The van der Waals surface area contributed by atoms with Gasteiger partial charge in [-0.25, -0.2) is 15.0 Å². The SMILES string of the molecule is O=C(c1cccnc1)N1CCc2c(ncnc2NCCc2cnc[nH]2)C1. The van der Waals surface area contributed by atoms with E-state index in [2.05, 4.69) is 30.2 Å². The van der Waals surface area contributed by atoms with Gasteiger partial charge in [-0.2, -0.15) is 0 Å². The van der Waals surface area contributed by atoms with Crippen LogP contribution in [0, 0.1) is 0 Å². The number of hydrogen-bond donors (Lipinski definition) is 2. The zero-order valence-electron chi connectivity index (χ0n) is 14.2. The van der Waals surface area contributed by atoms with Gasteiger partial charge in [0.25, 0.3) is 5.91 Å². The van der Waals surface area contributed by atoms with Crippen molar-refractivity contribution in [2.24, 2.45) is 0 Å². The third kappa shape index (κ3) is 3.39. The lowest BCUT2D eigenvalue weighted by Crippen LogP contribution is -2.37. The molecule has 0 fully saturated rings. The number of nitrogens with zero attached hydrogens (tertiary/aromatic N) is 5. The Bertz CT molecular complexity index is 880. The van der Waals surface area contributed by atoms with Crippen LogP contribution in [0.2, 0.25) is 0 Å². The van der Waals surface area contributed by atoms with Crippen molar-refractivity contribution in [3.63, 3.8) is 0 Å². The molecule has 0 radical (unpaired) electrons. The Kier molecular flexibility index (Phi) is 4.55. The number of imidazole rings is 1. The summed E-state index contributed by atoms with van der Waals surface area (Å²) in [6, 6.07) is 3.56. The van der Waals surface area contributed by atoms with E-state index < -0.39 is 0 Å². The van der Waals surface area contributed by atoms with E-state index in [0.717, 1.165) is 42.2 Å². The standard InChI is InChI=1S/C18H19N7O/c26-18(13-2-1-5-19-8-13)25-7-4-15-16(10-25)23-12-24-17(15)21-6-3-14-9-20-11-22-14/h1-2,5,8-9,11-12H,3-4,6-7,10H2,(H,20,22)(H,21,23,24). The van der Waals surface area contributed by atoms with Gasteiger partial charge < -0.3 is 15.2 Å². The molecule has 8 heteroatoms. The number of fused-ring (bicyclic) bond motifs is 1. The van der Waals surface area contributed by atoms with Crippen LogP contribution >= 0.6 is 0 Å². The Labute approximate surface area is 150 Å². The second-order valence-corrected chi connectivity index (χ2v) is 6.12. The minimum absolute atomic E-state index is 0.0175. The molecule has 4 heterocycles. The maximum Gasteiger partial charge on any atom is 0.255 e. The van der Waals surface area contributed by atoms with Crippen molar-refractivity contribution in [1.29, 1.82) is 0 Å². The number of carbonyl (C=O) groups is 1. The number of aromatic nitrogens is 5. The first-order chi connectivity index (χ1) is 12.8. The van der Waals surface area contributed by atoms with Gasteiger partial charge in [0.2, 0.25) is 0 Å². The van der Waals surface area contributed by atoms with Crippen molar-refractivity contribution < 1.29 is 4.79 Å². The molecule has 0 bridgehead atoms. The number of rotatable bonds is 5. The van der Waals surface area contributed by atoms with Gasteiger partial charge in [0, 0.05) is 49.4 Å². The Balaban J connectivity index is 1.44. The number of aromatic amines is 1. The first kappa shape index (κ1) is 16.2. The number of carbonyl (C=O) groups excluding carboxylic acids is 1. The smallest absolute Gasteiger partial charge is 0.255 e. The van der Waals surface area contributed by atoms with E-state index in [0.29, 0.717) is 18.7 Å². The van der Waals surface area contributed by atoms with E-state index in [9.17, 15) is 4.79 Å². The monoisotopic (exact) mass is 349 g/mol. The van der Waals surface area contributed by atoms with Gasteiger partial charge in [-0.3, -0.25) is 9.78 Å². The van der Waals surface area contributed by atoms with Crippen LogP contribution in [0.3, 0.4) is 0 Å². The van der Waals surface area contributed by atoms with Gasteiger partial charge in [0.1, 0.15) is 12.1 Å². The van der Waals surface area contributed by atoms with Crippen molar-refractivity contribution in [2.45, 2.75) is 19.4 Å². The maximum atomic E-state index is 12.6. The average Bonchev–Trinajstić information content (AvgIpc) is 3.21. The molecule has 1 aliphatic heterocycles. The van der Waals surface area contributed by atoms with Crippen LogP contribution < -0.4 is 5.32 Å². The quantitative estimate of drug-likeness (QED) is 0.723. The van der Waals surface area contributed by atoms with E-state index in [4.69, 9.17) is 0 Å². The molecular weight excluding hydrogens is 330 g/mol. The summed E-state index contributed by atoms with van der Waals surface area (Å²) in [6.45, 7) is 1.88. The highest BCUT2D eigenvalue weighted by Crippen LogP contribution is 2.23. The van der Waals surface area contributed by atoms with Crippen molar-refractivity contribution in [1.82, 2.24) is 29.8 Å². The van der Waals surface area contributed by atoms with Crippen molar-refractivity contribution in [3.8, 4) is 0 Å². The largest absolute Gasteiger partial charge is 0.369 e. The normalized spacial score (nSPS) is 13.3. The van der Waals surface area contributed by atoms with Gasteiger partial charge in [0.15, 0.2) is 0 Å². The van der Waals surface area contributed by atoms with Crippen LogP contribution in [0.5, 0.6) is 0 Å². The molecule has 0 atom stereocenters. The fourth-order valence-electron chi connectivity index (χ4n) is 3.09. The molecule has 132 valence electrons. The second-order valence-electron chi connectivity index (χ2n) is 6.12. The summed E-state index contributed by atoms with van der Waals surface area (Å²) in [5.74, 6) is 0.833. The molecule has 2 N–H and O–H groups in total. The number of H-pyrrole nitrogens is 1. The fourth-order valence-corrected chi connectivity index (χ4v) is 3.09. The Morgan fingerprint density at radius 3 is 3.04 bits per heavy atom. The molecule has 1 aliphatic rings. The molecule has 26 heavy (non-hydrogen) atoms. The second kappa shape index (κ2) is 7.30. The number of nitrogens with one attached hydrogen (secondary N) is 2. The molecule has 0 saturated heterocycles. The molecule has 8 nitrogen and oxygen atoms in total. The van der Waals surface area contributed by atoms with Crippen LogP contribution in [-0.2, 0) is 19.4 Å². The molecule has 0 aliphatic carbocycles. The van der Waals surface area contributed by atoms with E-state index in [1.165, 1.54) is 0 Å². The topological polar surface area (TPSA) is 99.7 Å². The number of amides is 1. The summed E-state index contributed by atoms with van der Waals surface area (Å²) in [7, 11) is 0. The summed E-state index contributed by atoms with van der Waals surface area (Å²) < 4.78 is 0. The van der Waals surface area contributed by atoms with Gasteiger partial charge in [-0.05, 0) is 18.6 Å². The highest BCUT2D eigenvalue weighted by molar-refractivity contribution is 5.94. The Morgan fingerprint density at radius 1 is 1.27 bits per heavy atom. The lowest BCUT2D eigenvalue weighted by Gasteiger charge is -2.29. The number of pyridine rings is 1. The zero-order chi connectivity index (χ0) is 17.8. The van der Waals surface area contributed by atoms with E-state index >= 15 is 0 Å². The van der Waals surface area contributed by atoms with E-state index in [1.54, 1.807) is 42.1 Å². The molecule has 0 aromatic carbocycles. The van der Waals surface area contributed by atoms with E-state index in [-0.39, 0.29) is 5.91 Å². The molecule has 0 spiro atoms. The summed E-state index contributed by atoms with van der Waals surface area (Å²) in [5, 5.41) is 3.37. The Hall–Kier alpha value is -3.29. The minimum atomic E-state index is -0.0175. The summed E-state index contributed by atoms with van der Waals surface area (Å²) in [6.07, 6.45) is 9.88. The molecule has 1 amide bonds. The molecule has 0 unspecified atom stereocenters. The van der Waals surface area contributed by atoms with Gasteiger partial charge in [-0.15, -0.1) is 0 Å². The molecular formula is C18H19N7O. The highest BCUT2D eigenvalue weighted by atomic mass is 16.2. The van der Waals surface area contributed by atoms with Crippen LogP contribution in [-0.4, -0.2) is 48.8 Å². The van der Waals surface area contributed by atoms with Gasteiger partial charge >= 0.3 is 0 Å². The zero-order valence-corrected chi connectivity index (χ0v) is 14.2. The van der Waals surface area contributed by atoms with Crippen LogP contribution in [0.25, 0.3) is 0 Å². The van der Waals surface area contributed by atoms with Crippen molar-refractivity contribution in [2.75, 3.05) is 18.4 Å².